The number of amides is 1. The van der Waals surface area contributed by atoms with Crippen LogP contribution in [0.2, 0.25) is 0 Å². The second-order valence-electron chi connectivity index (χ2n) is 6.97. The number of hydrogen-bond acceptors (Lipinski definition) is 9. The number of anilines is 2. The maximum atomic E-state index is 12.7. The lowest BCUT2D eigenvalue weighted by atomic mass is 9.97. The van der Waals surface area contributed by atoms with Crippen molar-refractivity contribution in [3.8, 4) is 5.82 Å². The molecule has 3 aromatic heterocycles. The zero-order chi connectivity index (χ0) is 20.1. The van der Waals surface area contributed by atoms with E-state index in [2.05, 4.69) is 47.6 Å². The fourth-order valence-corrected chi connectivity index (χ4v) is 4.06. The van der Waals surface area contributed by atoms with E-state index in [9.17, 15) is 4.79 Å². The topological polar surface area (TPSA) is 115 Å². The zero-order valence-corrected chi connectivity index (χ0v) is 17.0. The minimum Gasteiger partial charge on any atom is -0.354 e. The number of aryl methyl sites for hydroxylation is 1. The highest BCUT2D eigenvalue weighted by Crippen LogP contribution is 2.24. The van der Waals surface area contributed by atoms with Gasteiger partial charge in [-0.25, -0.2) is 9.67 Å². The molecular formula is C18H23N9OS. The van der Waals surface area contributed by atoms with Crippen LogP contribution in [0.4, 0.5) is 10.9 Å². The van der Waals surface area contributed by atoms with Crippen LogP contribution in [-0.2, 0) is 11.2 Å². The summed E-state index contributed by atoms with van der Waals surface area (Å²) in [4.78, 5) is 18.7. The van der Waals surface area contributed by atoms with Gasteiger partial charge in [0.05, 0.1) is 5.92 Å². The van der Waals surface area contributed by atoms with Crippen LogP contribution in [-0.4, -0.2) is 54.2 Å². The van der Waals surface area contributed by atoms with Gasteiger partial charge >= 0.3 is 0 Å². The molecule has 10 nitrogen and oxygen atoms in total. The monoisotopic (exact) mass is 413 g/mol. The Morgan fingerprint density at radius 2 is 2.10 bits per heavy atom. The Bertz CT molecular complexity index is 925. The molecule has 1 N–H and O–H groups in total. The van der Waals surface area contributed by atoms with Crippen molar-refractivity contribution < 1.29 is 4.79 Å². The number of carbonyl (C=O) groups excluding carboxylic acids is 1. The lowest BCUT2D eigenvalue weighted by molar-refractivity contribution is -0.120. The molecule has 0 bridgehead atoms. The molecular weight excluding hydrogens is 390 g/mol. The molecule has 29 heavy (non-hydrogen) atoms. The second kappa shape index (κ2) is 9.03. The average Bonchev–Trinajstić information content (AvgIpc) is 3.45. The molecule has 1 fully saturated rings. The van der Waals surface area contributed by atoms with Gasteiger partial charge in [-0.1, -0.05) is 24.7 Å². The Balaban J connectivity index is 1.36. The van der Waals surface area contributed by atoms with Crippen LogP contribution < -0.4 is 10.2 Å². The highest BCUT2D eigenvalue weighted by molar-refractivity contribution is 7.15. The number of nitrogens with one attached hydrogen (secondary N) is 1. The lowest BCUT2D eigenvalue weighted by Crippen LogP contribution is -2.41. The number of piperidine rings is 1. The fourth-order valence-electron chi connectivity index (χ4n) is 3.28. The van der Waals surface area contributed by atoms with E-state index in [4.69, 9.17) is 0 Å². The Morgan fingerprint density at radius 1 is 1.24 bits per heavy atom. The van der Waals surface area contributed by atoms with Crippen LogP contribution in [0.5, 0.6) is 0 Å². The van der Waals surface area contributed by atoms with Gasteiger partial charge in [0, 0.05) is 19.5 Å². The van der Waals surface area contributed by atoms with Crippen LogP contribution in [0.15, 0.2) is 24.8 Å². The molecule has 3 aromatic rings. The number of nitrogens with zero attached hydrogens (tertiary/aromatic N) is 8. The number of aromatic nitrogens is 7. The standard InChI is InChI=1S/C18H23N9OS/c1-2-3-6-16-24-25-18(29-16)21-17(28)13-5-4-9-26(10-13)14-7-8-15(23-22-14)27-12-19-11-20-27/h7-8,11-13H,2-6,9-10H2,1H3,(H,21,25,28). The highest BCUT2D eigenvalue weighted by atomic mass is 32.1. The van der Waals surface area contributed by atoms with Crippen molar-refractivity contribution in [3.63, 3.8) is 0 Å². The summed E-state index contributed by atoms with van der Waals surface area (Å²) >= 11 is 1.46. The molecule has 0 aliphatic carbocycles. The summed E-state index contributed by atoms with van der Waals surface area (Å²) in [6, 6.07) is 3.74. The third kappa shape index (κ3) is 4.73. The van der Waals surface area contributed by atoms with Gasteiger partial charge in [0.2, 0.25) is 11.0 Å². The van der Waals surface area contributed by atoms with Gasteiger partial charge in [-0.2, -0.15) is 5.10 Å². The smallest absolute Gasteiger partial charge is 0.231 e. The summed E-state index contributed by atoms with van der Waals surface area (Å²) in [5.74, 6) is 1.22. The molecule has 1 unspecified atom stereocenters. The fraction of sp³-hybridized carbons (Fsp3) is 0.500. The van der Waals surface area contributed by atoms with Gasteiger partial charge in [-0.15, -0.1) is 20.4 Å². The Kier molecular flexibility index (Phi) is 6.03. The molecule has 0 spiro atoms. The molecule has 1 saturated heterocycles. The van der Waals surface area contributed by atoms with E-state index in [-0.39, 0.29) is 11.8 Å². The van der Waals surface area contributed by atoms with Crippen molar-refractivity contribution in [3.05, 3.63) is 29.8 Å². The zero-order valence-electron chi connectivity index (χ0n) is 16.2. The maximum absolute atomic E-state index is 12.7. The first-order valence-electron chi connectivity index (χ1n) is 9.80. The number of carbonyl (C=O) groups is 1. The van der Waals surface area contributed by atoms with Crippen molar-refractivity contribution in [2.75, 3.05) is 23.3 Å². The average molecular weight is 414 g/mol. The molecule has 0 radical (unpaired) electrons. The quantitative estimate of drug-likeness (QED) is 0.626. The van der Waals surface area contributed by atoms with Crippen LogP contribution in [0.3, 0.4) is 0 Å². The molecule has 1 atom stereocenters. The van der Waals surface area contributed by atoms with Gasteiger partial charge in [-0.05, 0) is 31.4 Å². The van der Waals surface area contributed by atoms with Gasteiger partial charge in [0.15, 0.2) is 11.6 Å². The molecule has 0 saturated carbocycles. The molecule has 1 aliphatic heterocycles. The SMILES string of the molecule is CCCCc1nnc(NC(=O)C2CCCN(c3ccc(-n4cncn4)nn3)C2)s1. The highest BCUT2D eigenvalue weighted by Gasteiger charge is 2.27. The van der Waals surface area contributed by atoms with E-state index >= 15 is 0 Å². The summed E-state index contributed by atoms with van der Waals surface area (Å²) in [5, 5.41) is 25.3. The van der Waals surface area contributed by atoms with E-state index in [0.29, 0.717) is 17.5 Å². The normalized spacial score (nSPS) is 16.7. The first-order chi connectivity index (χ1) is 14.2. The molecule has 1 aliphatic rings. The van der Waals surface area contributed by atoms with Gasteiger partial charge in [0.1, 0.15) is 17.7 Å². The molecule has 152 valence electrons. The van der Waals surface area contributed by atoms with Gasteiger partial charge in [-0.3, -0.25) is 4.79 Å². The molecule has 4 rings (SSSR count). The van der Waals surface area contributed by atoms with Crippen molar-refractivity contribution in [2.24, 2.45) is 5.92 Å². The number of hydrogen-bond donors (Lipinski definition) is 1. The Morgan fingerprint density at radius 3 is 2.86 bits per heavy atom. The minimum absolute atomic E-state index is 0.0138. The third-order valence-electron chi connectivity index (χ3n) is 4.85. The second-order valence-corrected chi connectivity index (χ2v) is 8.03. The van der Waals surface area contributed by atoms with Crippen LogP contribution >= 0.6 is 11.3 Å². The van der Waals surface area contributed by atoms with Crippen LogP contribution in [0.25, 0.3) is 5.82 Å². The summed E-state index contributed by atoms with van der Waals surface area (Å²) in [5.41, 5.74) is 0. The van der Waals surface area contributed by atoms with E-state index in [0.717, 1.165) is 49.5 Å². The van der Waals surface area contributed by atoms with E-state index in [1.54, 1.807) is 11.0 Å². The largest absolute Gasteiger partial charge is 0.354 e. The van der Waals surface area contributed by atoms with E-state index in [1.807, 2.05) is 12.1 Å². The molecule has 11 heteroatoms. The van der Waals surface area contributed by atoms with Crippen molar-refractivity contribution in [1.82, 2.24) is 35.2 Å². The number of unbranched alkanes of at least 4 members (excludes halogenated alkanes) is 1. The first-order valence-corrected chi connectivity index (χ1v) is 10.6. The van der Waals surface area contributed by atoms with Crippen LogP contribution in [0, 0.1) is 5.92 Å². The molecule has 4 heterocycles. The van der Waals surface area contributed by atoms with Gasteiger partial charge < -0.3 is 10.2 Å². The predicted octanol–water partition coefficient (Wildman–Crippen LogP) is 2.11. The minimum atomic E-state index is -0.122. The van der Waals surface area contributed by atoms with E-state index < -0.39 is 0 Å². The Labute approximate surface area is 172 Å². The molecule has 1 amide bonds. The van der Waals surface area contributed by atoms with Crippen molar-refractivity contribution in [1.29, 1.82) is 0 Å². The lowest BCUT2D eigenvalue weighted by Gasteiger charge is -2.32. The third-order valence-corrected chi connectivity index (χ3v) is 5.75. The van der Waals surface area contributed by atoms with Crippen LogP contribution in [0.1, 0.15) is 37.6 Å². The summed E-state index contributed by atoms with van der Waals surface area (Å²) in [6.45, 7) is 3.59. The van der Waals surface area contributed by atoms with E-state index in [1.165, 1.54) is 17.7 Å². The number of rotatable bonds is 7. The summed E-state index contributed by atoms with van der Waals surface area (Å²) < 4.78 is 1.56. The first kappa shape index (κ1) is 19.4. The van der Waals surface area contributed by atoms with Crippen molar-refractivity contribution >= 4 is 28.2 Å². The predicted molar refractivity (Wildman–Crippen MR) is 109 cm³/mol. The molecule has 0 aromatic carbocycles. The summed E-state index contributed by atoms with van der Waals surface area (Å²) in [6.07, 6.45) is 7.89. The Hall–Kier alpha value is -2.95. The van der Waals surface area contributed by atoms with Crippen molar-refractivity contribution in [2.45, 2.75) is 39.0 Å². The van der Waals surface area contributed by atoms with Gasteiger partial charge in [0.25, 0.3) is 0 Å². The summed E-state index contributed by atoms with van der Waals surface area (Å²) in [7, 11) is 0. The maximum Gasteiger partial charge on any atom is 0.231 e.